The minimum atomic E-state index is 0.698. The van der Waals surface area contributed by atoms with Gasteiger partial charge in [0.25, 0.3) is 0 Å². The van der Waals surface area contributed by atoms with Crippen LogP contribution in [0.15, 0.2) is 315 Å². The van der Waals surface area contributed by atoms with Gasteiger partial charge in [-0.15, -0.1) is 0 Å². The quantitative estimate of drug-likeness (QED) is 0.108. The monoisotopic (exact) mass is 986 g/mol. The van der Waals surface area contributed by atoms with Crippen LogP contribution >= 0.6 is 0 Å². The van der Waals surface area contributed by atoms with Crippen LogP contribution in [-0.4, -0.2) is 4.57 Å². The molecule has 366 valence electrons. The summed E-state index contributed by atoms with van der Waals surface area (Å²) in [5.41, 5.74) is 20.7. The molecule has 0 aliphatic carbocycles. The average Bonchev–Trinajstić information content (AvgIpc) is 3.87. The van der Waals surface area contributed by atoms with Crippen molar-refractivity contribution >= 4 is 73.0 Å². The number of nitrogens with zero attached hydrogens (tertiary/aromatic N) is 4. The average molecular weight is 987 g/mol. The predicted octanol–water partition coefficient (Wildman–Crippen LogP) is 20.3. The van der Waals surface area contributed by atoms with Crippen molar-refractivity contribution in [1.82, 2.24) is 4.57 Å². The molecule has 0 fully saturated rings. The van der Waals surface area contributed by atoms with E-state index in [1.54, 1.807) is 0 Å². The number of benzene rings is 12. The molecule has 0 N–H and O–H groups in total. The molecule has 0 aliphatic rings. The molecule has 0 radical (unpaired) electrons. The highest BCUT2D eigenvalue weighted by molar-refractivity contribution is 6.11. The minimum absolute atomic E-state index is 0.698. The number of hydrogen-bond acceptors (Lipinski definition) is 3. The van der Waals surface area contributed by atoms with Crippen LogP contribution in [0.4, 0.5) is 51.2 Å². The second-order valence-corrected chi connectivity index (χ2v) is 19.4. The van der Waals surface area contributed by atoms with E-state index >= 15 is 0 Å². The molecule has 0 saturated heterocycles. The zero-order chi connectivity index (χ0) is 51.3. The number of hydrogen-bond donors (Lipinski definition) is 0. The summed E-state index contributed by atoms with van der Waals surface area (Å²) in [6.45, 7) is 0.698. The van der Waals surface area contributed by atoms with Crippen LogP contribution in [0.1, 0.15) is 5.56 Å². The fourth-order valence-corrected chi connectivity index (χ4v) is 10.9. The predicted molar refractivity (Wildman–Crippen MR) is 325 cm³/mol. The van der Waals surface area contributed by atoms with Crippen molar-refractivity contribution in [2.45, 2.75) is 6.54 Å². The van der Waals surface area contributed by atoms with Crippen molar-refractivity contribution in [2.75, 3.05) is 14.7 Å². The Bertz CT molecular complexity index is 3770. The van der Waals surface area contributed by atoms with Crippen molar-refractivity contribution in [1.29, 1.82) is 0 Å². The van der Waals surface area contributed by atoms with Crippen molar-refractivity contribution in [3.63, 3.8) is 0 Å². The van der Waals surface area contributed by atoms with Gasteiger partial charge in [0.05, 0.1) is 0 Å². The highest BCUT2D eigenvalue weighted by atomic mass is 15.2. The Balaban J connectivity index is 0.890. The zero-order valence-corrected chi connectivity index (χ0v) is 42.5. The van der Waals surface area contributed by atoms with E-state index in [0.29, 0.717) is 6.54 Å². The summed E-state index contributed by atoms with van der Waals surface area (Å²) in [5, 5.41) is 2.44. The number of fused-ring (bicyclic) bond motifs is 3. The molecular formula is C73H54N4. The molecule has 1 aromatic heterocycles. The van der Waals surface area contributed by atoms with Crippen LogP contribution in [0, 0.1) is 0 Å². The van der Waals surface area contributed by atoms with Gasteiger partial charge in [0.1, 0.15) is 0 Å². The molecule has 12 aromatic carbocycles. The molecular weight excluding hydrogens is 933 g/mol. The Hall–Kier alpha value is -10.2. The summed E-state index contributed by atoms with van der Waals surface area (Å²) in [6, 6.07) is 114. The maximum atomic E-state index is 2.51. The second kappa shape index (κ2) is 21.0. The molecule has 4 nitrogen and oxygen atoms in total. The van der Waals surface area contributed by atoms with Gasteiger partial charge >= 0.3 is 0 Å². The maximum Gasteiger partial charge on any atom is 0.0494 e. The summed E-state index contributed by atoms with van der Waals surface area (Å²) in [5.74, 6) is 0. The maximum absolute atomic E-state index is 2.51. The third-order valence-electron chi connectivity index (χ3n) is 14.7. The van der Waals surface area contributed by atoms with Crippen LogP contribution in [0.3, 0.4) is 0 Å². The molecule has 0 saturated carbocycles. The molecule has 0 bridgehead atoms. The van der Waals surface area contributed by atoms with Gasteiger partial charge in [0.15, 0.2) is 0 Å². The van der Waals surface area contributed by atoms with Crippen molar-refractivity contribution in [3.8, 4) is 33.4 Å². The Kier molecular flexibility index (Phi) is 12.7. The number of anilines is 9. The Labute approximate surface area is 450 Å². The molecule has 0 unspecified atom stereocenters. The smallest absolute Gasteiger partial charge is 0.0494 e. The third kappa shape index (κ3) is 9.41. The minimum Gasteiger partial charge on any atom is -0.336 e. The van der Waals surface area contributed by atoms with E-state index in [1.807, 2.05) is 0 Å². The molecule has 0 aliphatic heterocycles. The number of rotatable bonds is 14. The van der Waals surface area contributed by atoms with E-state index in [9.17, 15) is 0 Å². The summed E-state index contributed by atoms with van der Waals surface area (Å²) >= 11 is 0. The normalized spacial score (nSPS) is 11.2. The fraction of sp³-hybridized carbons (Fsp3) is 0.0137. The molecule has 13 rings (SSSR count). The summed E-state index contributed by atoms with van der Waals surface area (Å²) in [7, 11) is 0. The lowest BCUT2D eigenvalue weighted by Gasteiger charge is -2.25. The largest absolute Gasteiger partial charge is 0.336 e. The molecule has 13 aromatic rings. The second-order valence-electron chi connectivity index (χ2n) is 19.4. The summed E-state index contributed by atoms with van der Waals surface area (Å²) < 4.78 is 2.51. The van der Waals surface area contributed by atoms with Crippen molar-refractivity contribution in [2.24, 2.45) is 0 Å². The number of aromatic nitrogens is 1. The molecule has 4 heteroatoms. The molecule has 0 atom stereocenters. The van der Waals surface area contributed by atoms with E-state index in [1.165, 1.54) is 49.6 Å². The third-order valence-corrected chi connectivity index (χ3v) is 14.7. The number of para-hydroxylation sites is 6. The van der Waals surface area contributed by atoms with Gasteiger partial charge in [-0.05, 0) is 172 Å². The van der Waals surface area contributed by atoms with Crippen molar-refractivity contribution < 1.29 is 0 Å². The van der Waals surface area contributed by atoms with Gasteiger partial charge in [0.2, 0.25) is 0 Å². The molecule has 1 heterocycles. The zero-order valence-electron chi connectivity index (χ0n) is 42.5. The van der Waals surface area contributed by atoms with Gasteiger partial charge in [-0.2, -0.15) is 0 Å². The van der Waals surface area contributed by atoms with Crippen LogP contribution < -0.4 is 14.7 Å². The molecule has 77 heavy (non-hydrogen) atoms. The summed E-state index contributed by atoms with van der Waals surface area (Å²) in [4.78, 5) is 6.94. The van der Waals surface area contributed by atoms with E-state index < -0.39 is 0 Å². The first-order chi connectivity index (χ1) is 38.2. The Morgan fingerprint density at radius 2 is 0.481 bits per heavy atom. The van der Waals surface area contributed by atoms with E-state index in [-0.39, 0.29) is 0 Å². The van der Waals surface area contributed by atoms with E-state index in [2.05, 4.69) is 335 Å². The van der Waals surface area contributed by atoms with Crippen LogP contribution in [0.25, 0.3) is 55.2 Å². The Morgan fingerprint density at radius 3 is 0.805 bits per heavy atom. The first-order valence-electron chi connectivity index (χ1n) is 26.4. The van der Waals surface area contributed by atoms with Crippen molar-refractivity contribution in [3.05, 3.63) is 321 Å². The first-order valence-corrected chi connectivity index (χ1v) is 26.4. The van der Waals surface area contributed by atoms with E-state index in [4.69, 9.17) is 0 Å². The van der Waals surface area contributed by atoms with Gasteiger partial charge < -0.3 is 19.3 Å². The molecule has 0 spiro atoms. The summed E-state index contributed by atoms with van der Waals surface area (Å²) in [6.07, 6.45) is 0. The van der Waals surface area contributed by atoms with Crippen LogP contribution in [-0.2, 0) is 6.54 Å². The van der Waals surface area contributed by atoms with Gasteiger partial charge in [-0.25, -0.2) is 0 Å². The lowest BCUT2D eigenvalue weighted by molar-refractivity contribution is 0.871. The lowest BCUT2D eigenvalue weighted by atomic mass is 9.99. The molecule has 0 amide bonds. The van der Waals surface area contributed by atoms with E-state index in [0.717, 1.165) is 62.3 Å². The first kappa shape index (κ1) is 46.6. The lowest BCUT2D eigenvalue weighted by Crippen LogP contribution is -2.09. The van der Waals surface area contributed by atoms with Crippen LogP contribution in [0.2, 0.25) is 0 Å². The SMILES string of the molecule is c1ccc(N(c2ccccc2)c2ccc(-c3ccc4c(c3)c3cc(-c5ccc(N(c6ccccc6)c6ccccc6)cc5)ccc3n4Cc3ccccc3-c3ccc(N(c4ccccc4)c4ccccc4)cc3)cc2)cc1. The van der Waals surface area contributed by atoms with Crippen LogP contribution in [0.5, 0.6) is 0 Å². The topological polar surface area (TPSA) is 14.7 Å². The van der Waals surface area contributed by atoms with Gasteiger partial charge in [-0.3, -0.25) is 0 Å². The fourth-order valence-electron chi connectivity index (χ4n) is 10.9. The highest BCUT2D eigenvalue weighted by Gasteiger charge is 2.19. The highest BCUT2D eigenvalue weighted by Crippen LogP contribution is 2.42. The standard InChI is InChI=1S/C73H54N4/c1-7-22-60(23-8-1)75(61-24-9-2-10-25-61)66-43-35-54(36-44-66)57-41-49-72-70(51-57)71-52-58(55-37-45-67(46-38-55)76(62-26-11-3-12-27-62)63-28-13-4-14-29-63)42-50-73(71)74(72)53-59-21-19-20-34-69(59)56-39-47-68(48-40-56)77(64-30-15-5-16-31-64)65-32-17-6-18-33-65/h1-52H,53H2. The Morgan fingerprint density at radius 1 is 0.221 bits per heavy atom. The van der Waals surface area contributed by atoms with Gasteiger partial charge in [-0.1, -0.05) is 182 Å². The van der Waals surface area contributed by atoms with Gasteiger partial charge in [0, 0.05) is 79.5 Å².